The smallest absolute Gasteiger partial charge is 0.266 e. The summed E-state index contributed by atoms with van der Waals surface area (Å²) in [5.74, 6) is -1.49. The summed E-state index contributed by atoms with van der Waals surface area (Å²) in [5, 5.41) is 3.23. The summed E-state index contributed by atoms with van der Waals surface area (Å²) in [6, 6.07) is 16.1. The van der Waals surface area contributed by atoms with Crippen molar-refractivity contribution in [1.82, 2.24) is 0 Å². The molecule has 200 valence electrons. The van der Waals surface area contributed by atoms with Gasteiger partial charge in [-0.3, -0.25) is 19.2 Å². The molecule has 0 radical (unpaired) electrons. The second kappa shape index (κ2) is 8.46. The molecule has 6 rings (SSSR count). The van der Waals surface area contributed by atoms with E-state index < -0.39 is 11.8 Å². The number of imide groups is 1. The van der Waals surface area contributed by atoms with Crippen molar-refractivity contribution >= 4 is 40.8 Å². The maximum absolute atomic E-state index is 13.6. The number of carbonyl (C=O) groups excluding carboxylic acids is 4. The van der Waals surface area contributed by atoms with E-state index in [0.717, 1.165) is 16.7 Å². The van der Waals surface area contributed by atoms with Crippen molar-refractivity contribution in [3.63, 3.8) is 0 Å². The van der Waals surface area contributed by atoms with E-state index in [0.29, 0.717) is 39.3 Å². The zero-order valence-corrected chi connectivity index (χ0v) is 23.4. The molecule has 2 aliphatic heterocycles. The van der Waals surface area contributed by atoms with Crippen LogP contribution in [0.3, 0.4) is 0 Å². The number of ketones is 2. The van der Waals surface area contributed by atoms with Gasteiger partial charge in [-0.25, -0.2) is 4.90 Å². The van der Waals surface area contributed by atoms with Gasteiger partial charge in [0.05, 0.1) is 33.8 Å². The number of rotatable bonds is 1. The highest BCUT2D eigenvalue weighted by Crippen LogP contribution is 2.41. The third-order valence-electron chi connectivity index (χ3n) is 7.86. The fourth-order valence-electron chi connectivity index (χ4n) is 5.45. The molecule has 0 aromatic heterocycles. The minimum atomic E-state index is -0.408. The van der Waals surface area contributed by atoms with Gasteiger partial charge in [-0.05, 0) is 58.4 Å². The first-order valence-electron chi connectivity index (χ1n) is 13.4. The zero-order valence-electron chi connectivity index (χ0n) is 23.4. The molecule has 1 N–H and O–H groups in total. The number of carbonyl (C=O) groups is 4. The summed E-state index contributed by atoms with van der Waals surface area (Å²) in [4.78, 5) is 55.2. The van der Waals surface area contributed by atoms with Gasteiger partial charge in [0.2, 0.25) is 0 Å². The van der Waals surface area contributed by atoms with Gasteiger partial charge in [0, 0.05) is 16.7 Å². The molecule has 2 heterocycles. The molecule has 0 bridgehead atoms. The van der Waals surface area contributed by atoms with Crippen LogP contribution in [0.25, 0.3) is 6.08 Å². The number of Topliss-reactive ketones (excluding diaryl/α,β-unsaturated/α-hetero) is 2. The quantitative estimate of drug-likeness (QED) is 0.211. The Bertz CT molecular complexity index is 1760. The number of nitrogens with one attached hydrogen (secondary N) is 1. The van der Waals surface area contributed by atoms with E-state index in [1.165, 1.54) is 4.90 Å². The van der Waals surface area contributed by atoms with Gasteiger partial charge in [0.25, 0.3) is 11.8 Å². The van der Waals surface area contributed by atoms with Crippen molar-refractivity contribution < 1.29 is 19.2 Å². The zero-order chi connectivity index (χ0) is 28.7. The van der Waals surface area contributed by atoms with E-state index in [1.807, 2.05) is 18.2 Å². The van der Waals surface area contributed by atoms with Crippen LogP contribution in [0.2, 0.25) is 0 Å². The lowest BCUT2D eigenvalue weighted by Gasteiger charge is -2.24. The van der Waals surface area contributed by atoms with Gasteiger partial charge >= 0.3 is 0 Å². The normalized spacial score (nSPS) is 18.2. The van der Waals surface area contributed by atoms with E-state index in [9.17, 15) is 19.2 Å². The largest absolute Gasteiger partial charge is 0.353 e. The maximum atomic E-state index is 13.6. The number of para-hydroxylation sites is 1. The number of benzene rings is 3. The van der Waals surface area contributed by atoms with Gasteiger partial charge in [-0.2, -0.15) is 0 Å². The summed E-state index contributed by atoms with van der Waals surface area (Å²) in [7, 11) is 0. The van der Waals surface area contributed by atoms with Crippen LogP contribution in [-0.4, -0.2) is 23.4 Å². The molecule has 3 aromatic carbocycles. The number of anilines is 2. The van der Waals surface area contributed by atoms with E-state index in [-0.39, 0.29) is 28.0 Å². The van der Waals surface area contributed by atoms with Gasteiger partial charge in [0.15, 0.2) is 11.6 Å². The topological polar surface area (TPSA) is 83.6 Å². The number of hydrogen-bond acceptors (Lipinski definition) is 5. The van der Waals surface area contributed by atoms with Crippen LogP contribution in [0.4, 0.5) is 11.4 Å². The lowest BCUT2D eigenvalue weighted by atomic mass is 9.85. The monoisotopic (exact) mass is 530 g/mol. The first kappa shape index (κ1) is 25.7. The highest BCUT2D eigenvalue weighted by atomic mass is 16.2. The van der Waals surface area contributed by atoms with Crippen LogP contribution in [0.1, 0.15) is 99.7 Å². The molecular weight excluding hydrogens is 500 g/mol. The Morgan fingerprint density at radius 3 is 1.85 bits per heavy atom. The molecule has 0 spiro atoms. The average molecular weight is 531 g/mol. The molecule has 6 heteroatoms. The van der Waals surface area contributed by atoms with Crippen LogP contribution < -0.4 is 10.2 Å². The van der Waals surface area contributed by atoms with Crippen LogP contribution in [0.5, 0.6) is 0 Å². The Morgan fingerprint density at radius 2 is 1.20 bits per heavy atom. The van der Waals surface area contributed by atoms with Crippen LogP contribution in [-0.2, 0) is 10.8 Å². The summed E-state index contributed by atoms with van der Waals surface area (Å²) < 4.78 is 0. The highest BCUT2D eigenvalue weighted by molar-refractivity contribution is 6.40. The molecule has 2 amide bonds. The molecule has 0 unspecified atom stereocenters. The van der Waals surface area contributed by atoms with Gasteiger partial charge < -0.3 is 5.32 Å². The molecule has 6 nitrogen and oxygen atoms in total. The maximum Gasteiger partial charge on any atom is 0.266 e. The number of fused-ring (bicyclic) bond motifs is 3. The van der Waals surface area contributed by atoms with Gasteiger partial charge in [-0.15, -0.1) is 0 Å². The fourth-order valence-corrected chi connectivity index (χ4v) is 5.45. The van der Waals surface area contributed by atoms with Crippen molar-refractivity contribution in [1.29, 1.82) is 0 Å². The summed E-state index contributed by atoms with van der Waals surface area (Å²) in [5.41, 5.74) is 5.06. The lowest BCUT2D eigenvalue weighted by Crippen LogP contribution is -2.30. The summed E-state index contributed by atoms with van der Waals surface area (Å²) in [6.45, 7) is 12.3. The number of nitrogens with zero attached hydrogens (tertiary/aromatic N) is 1. The SMILES string of the molecule is CC(C)(C)c1ccc2c(c1)C(=O)/C(=C1\C=Cc3cccc(N4C(=O)c5ccc(C(C)(C)C)cc5C4=O)c3N1)C2=O. The second-order valence-electron chi connectivity index (χ2n) is 12.6. The molecule has 3 aromatic rings. The van der Waals surface area contributed by atoms with Crippen molar-refractivity contribution in [2.75, 3.05) is 10.2 Å². The molecule has 40 heavy (non-hydrogen) atoms. The molecule has 1 aliphatic carbocycles. The van der Waals surface area contributed by atoms with Crippen molar-refractivity contribution in [3.05, 3.63) is 111 Å². The lowest BCUT2D eigenvalue weighted by molar-refractivity contribution is 0.0922. The van der Waals surface area contributed by atoms with Crippen molar-refractivity contribution in [3.8, 4) is 0 Å². The average Bonchev–Trinajstić information content (AvgIpc) is 3.30. The van der Waals surface area contributed by atoms with Crippen molar-refractivity contribution in [2.24, 2.45) is 0 Å². The van der Waals surface area contributed by atoms with E-state index in [4.69, 9.17) is 0 Å². The summed E-state index contributed by atoms with van der Waals surface area (Å²) >= 11 is 0. The number of allylic oxidation sites excluding steroid dienone is 2. The highest BCUT2D eigenvalue weighted by Gasteiger charge is 2.40. The van der Waals surface area contributed by atoms with E-state index in [2.05, 4.69) is 46.9 Å². The molecular formula is C34H30N2O4. The minimum absolute atomic E-state index is 0.0509. The third-order valence-corrected chi connectivity index (χ3v) is 7.86. The predicted octanol–water partition coefficient (Wildman–Crippen LogP) is 6.85. The molecule has 0 saturated heterocycles. The Morgan fingerprint density at radius 1 is 0.625 bits per heavy atom. The number of hydrogen-bond donors (Lipinski definition) is 1. The minimum Gasteiger partial charge on any atom is -0.353 e. The molecule has 0 fully saturated rings. The van der Waals surface area contributed by atoms with Crippen molar-refractivity contribution in [2.45, 2.75) is 52.4 Å². The first-order valence-corrected chi connectivity index (χ1v) is 13.4. The first-order chi connectivity index (χ1) is 18.8. The van der Waals surface area contributed by atoms with Crippen LogP contribution >= 0.6 is 0 Å². The van der Waals surface area contributed by atoms with Gasteiger partial charge in [0.1, 0.15) is 0 Å². The Hall–Kier alpha value is -4.58. The molecule has 0 saturated carbocycles. The standard InChI is InChI=1S/C34H30N2O4/c1-33(2,3)19-11-13-21-23(16-19)30(38)27(29(21)37)25-15-10-18-8-7-9-26(28(18)35-25)36-31(39)22-14-12-20(34(4,5)6)17-24(22)32(36)40/h7-17,35H,1-6H3/b27-25+. The van der Waals surface area contributed by atoms with Crippen LogP contribution in [0.15, 0.2) is 71.9 Å². The third kappa shape index (κ3) is 3.78. The number of amides is 2. The Labute approximate surface area is 233 Å². The predicted molar refractivity (Wildman–Crippen MR) is 156 cm³/mol. The van der Waals surface area contributed by atoms with E-state index >= 15 is 0 Å². The molecule has 3 aliphatic rings. The Balaban J connectivity index is 1.41. The Kier molecular flexibility index (Phi) is 5.43. The van der Waals surface area contributed by atoms with Crippen LogP contribution in [0, 0.1) is 0 Å². The van der Waals surface area contributed by atoms with Gasteiger partial charge in [-0.1, -0.05) is 71.9 Å². The second-order valence-corrected chi connectivity index (χ2v) is 12.6. The fraction of sp³-hybridized carbons (Fsp3) is 0.235. The molecule has 0 atom stereocenters. The summed E-state index contributed by atoms with van der Waals surface area (Å²) in [6.07, 6.45) is 3.49. The van der Waals surface area contributed by atoms with E-state index in [1.54, 1.807) is 48.6 Å².